The molecule has 1 saturated heterocycles. The molecule has 3 nitrogen and oxygen atoms in total. The van der Waals surface area contributed by atoms with E-state index in [1.807, 2.05) is 0 Å². The third kappa shape index (κ3) is 2.42. The molecule has 0 atom stereocenters. The number of halogens is 1. The number of piperidine rings is 1. The van der Waals surface area contributed by atoms with Crippen LogP contribution in [0.15, 0.2) is 18.2 Å². The number of phenols is 1. The quantitative estimate of drug-likeness (QED) is 0.836. The molecule has 1 aromatic carbocycles. The van der Waals surface area contributed by atoms with Crippen molar-refractivity contribution < 1.29 is 9.84 Å². The summed E-state index contributed by atoms with van der Waals surface area (Å²) >= 11 is 5.83. The van der Waals surface area contributed by atoms with Gasteiger partial charge in [0.2, 0.25) is 0 Å². The molecule has 0 radical (unpaired) electrons. The maximum absolute atomic E-state index is 9.77. The summed E-state index contributed by atoms with van der Waals surface area (Å²) in [5.74, 6) is 0.501. The van der Waals surface area contributed by atoms with Gasteiger partial charge in [-0.25, -0.2) is 0 Å². The summed E-state index contributed by atoms with van der Waals surface area (Å²) in [5.41, 5.74) is -0.215. The normalized spacial score (nSPS) is 19.4. The molecule has 0 saturated carbocycles. The number of ether oxygens (including phenoxy) is 1. The largest absolute Gasteiger partial charge is 0.503 e. The minimum Gasteiger partial charge on any atom is -0.503 e. The Morgan fingerprint density at radius 1 is 1.38 bits per heavy atom. The van der Waals surface area contributed by atoms with Gasteiger partial charge in [-0.1, -0.05) is 17.7 Å². The van der Waals surface area contributed by atoms with E-state index in [0.717, 1.165) is 25.9 Å². The highest BCUT2D eigenvalue weighted by Crippen LogP contribution is 2.37. The Labute approximate surface area is 100 Å². The van der Waals surface area contributed by atoms with Gasteiger partial charge in [0.05, 0.1) is 5.02 Å². The third-order valence-corrected chi connectivity index (χ3v) is 3.27. The van der Waals surface area contributed by atoms with E-state index in [1.165, 1.54) is 0 Å². The fourth-order valence-electron chi connectivity index (χ4n) is 1.90. The van der Waals surface area contributed by atoms with Crippen molar-refractivity contribution >= 4 is 11.6 Å². The molecule has 0 unspecified atom stereocenters. The van der Waals surface area contributed by atoms with E-state index in [4.69, 9.17) is 16.3 Å². The number of phenolic OH excluding ortho intramolecular Hbond substituents is 1. The van der Waals surface area contributed by atoms with Crippen molar-refractivity contribution in [2.75, 3.05) is 13.1 Å². The van der Waals surface area contributed by atoms with E-state index < -0.39 is 0 Å². The standard InChI is InChI=1S/C12H16ClNO2/c1-12(5-7-14-8-6-12)16-10-4-2-3-9(13)11(10)15/h2-4,14-15H,5-8H2,1H3. The van der Waals surface area contributed by atoms with Gasteiger partial charge in [-0.2, -0.15) is 0 Å². The van der Waals surface area contributed by atoms with Crippen molar-refractivity contribution in [2.24, 2.45) is 0 Å². The van der Waals surface area contributed by atoms with E-state index in [1.54, 1.807) is 18.2 Å². The van der Waals surface area contributed by atoms with Crippen LogP contribution < -0.4 is 10.1 Å². The molecule has 16 heavy (non-hydrogen) atoms. The van der Waals surface area contributed by atoms with Gasteiger partial charge in [0.25, 0.3) is 0 Å². The predicted octanol–water partition coefficient (Wildman–Crippen LogP) is 2.57. The van der Waals surface area contributed by atoms with Crippen LogP contribution in [0.4, 0.5) is 0 Å². The Kier molecular flexibility index (Phi) is 3.26. The molecule has 1 fully saturated rings. The monoisotopic (exact) mass is 241 g/mol. The van der Waals surface area contributed by atoms with Crippen LogP contribution in [0, 0.1) is 0 Å². The van der Waals surface area contributed by atoms with Crippen LogP contribution in [0.25, 0.3) is 0 Å². The molecule has 0 aromatic heterocycles. The van der Waals surface area contributed by atoms with Crippen molar-refractivity contribution in [3.63, 3.8) is 0 Å². The Bertz CT molecular complexity index is 375. The second-order valence-corrected chi connectivity index (χ2v) is 4.80. The van der Waals surface area contributed by atoms with Gasteiger partial charge >= 0.3 is 0 Å². The highest BCUT2D eigenvalue weighted by Gasteiger charge is 2.29. The van der Waals surface area contributed by atoms with Gasteiger partial charge in [0.1, 0.15) is 5.60 Å². The maximum atomic E-state index is 9.77. The first kappa shape index (κ1) is 11.6. The third-order valence-electron chi connectivity index (χ3n) is 2.97. The van der Waals surface area contributed by atoms with Crippen LogP contribution in [0.2, 0.25) is 5.02 Å². The molecular formula is C12H16ClNO2. The zero-order chi connectivity index (χ0) is 11.6. The number of para-hydroxylation sites is 1. The van der Waals surface area contributed by atoms with Gasteiger partial charge in [-0.05, 0) is 45.0 Å². The molecule has 0 bridgehead atoms. The summed E-state index contributed by atoms with van der Waals surface area (Å²) in [4.78, 5) is 0. The summed E-state index contributed by atoms with van der Waals surface area (Å²) in [6, 6.07) is 5.17. The Morgan fingerprint density at radius 2 is 2.06 bits per heavy atom. The summed E-state index contributed by atoms with van der Waals surface area (Å²) < 4.78 is 5.88. The molecule has 2 N–H and O–H groups in total. The minimum absolute atomic E-state index is 0.0314. The molecule has 1 aliphatic heterocycles. The van der Waals surface area contributed by atoms with Gasteiger partial charge < -0.3 is 15.2 Å². The smallest absolute Gasteiger partial charge is 0.176 e. The highest BCUT2D eigenvalue weighted by molar-refractivity contribution is 6.32. The van der Waals surface area contributed by atoms with Crippen molar-refractivity contribution in [3.05, 3.63) is 23.2 Å². The average molecular weight is 242 g/mol. The van der Waals surface area contributed by atoms with Crippen LogP contribution in [-0.4, -0.2) is 23.8 Å². The Morgan fingerprint density at radius 3 is 2.75 bits per heavy atom. The van der Waals surface area contributed by atoms with Crippen LogP contribution >= 0.6 is 11.6 Å². The molecule has 4 heteroatoms. The molecule has 0 spiro atoms. The summed E-state index contributed by atoms with van der Waals surface area (Å²) in [6.45, 7) is 3.95. The predicted molar refractivity (Wildman–Crippen MR) is 64.3 cm³/mol. The molecule has 0 aliphatic carbocycles. The highest BCUT2D eigenvalue weighted by atomic mass is 35.5. The first-order chi connectivity index (χ1) is 7.61. The lowest BCUT2D eigenvalue weighted by molar-refractivity contribution is 0.0528. The van der Waals surface area contributed by atoms with Crippen molar-refractivity contribution in [1.29, 1.82) is 0 Å². The van der Waals surface area contributed by atoms with Crippen LogP contribution in [0.5, 0.6) is 11.5 Å². The molecule has 88 valence electrons. The molecule has 1 heterocycles. The lowest BCUT2D eigenvalue weighted by Crippen LogP contribution is -2.43. The Balaban J connectivity index is 2.16. The van der Waals surface area contributed by atoms with Crippen molar-refractivity contribution in [1.82, 2.24) is 5.32 Å². The fourth-order valence-corrected chi connectivity index (χ4v) is 2.07. The van der Waals surface area contributed by atoms with Crippen molar-refractivity contribution in [2.45, 2.75) is 25.4 Å². The molecule has 1 aliphatic rings. The van der Waals surface area contributed by atoms with E-state index in [0.29, 0.717) is 10.8 Å². The Hall–Kier alpha value is -0.930. The minimum atomic E-state index is -0.215. The summed E-state index contributed by atoms with van der Waals surface area (Å²) in [5, 5.41) is 13.4. The average Bonchev–Trinajstić information content (AvgIpc) is 2.26. The van der Waals surface area contributed by atoms with Gasteiger partial charge in [0.15, 0.2) is 11.5 Å². The number of aromatic hydroxyl groups is 1. The second-order valence-electron chi connectivity index (χ2n) is 4.39. The number of benzene rings is 1. The van der Waals surface area contributed by atoms with Gasteiger partial charge in [0, 0.05) is 0 Å². The molecule has 1 aromatic rings. The zero-order valence-electron chi connectivity index (χ0n) is 9.29. The maximum Gasteiger partial charge on any atom is 0.176 e. The number of hydrogen-bond acceptors (Lipinski definition) is 3. The van der Waals surface area contributed by atoms with E-state index in [9.17, 15) is 5.11 Å². The van der Waals surface area contributed by atoms with E-state index in [2.05, 4.69) is 12.2 Å². The van der Waals surface area contributed by atoms with E-state index in [-0.39, 0.29) is 11.4 Å². The first-order valence-electron chi connectivity index (χ1n) is 5.48. The van der Waals surface area contributed by atoms with Gasteiger partial charge in [-0.15, -0.1) is 0 Å². The van der Waals surface area contributed by atoms with E-state index >= 15 is 0 Å². The van der Waals surface area contributed by atoms with Crippen LogP contribution in [-0.2, 0) is 0 Å². The van der Waals surface area contributed by atoms with Crippen LogP contribution in [0.3, 0.4) is 0 Å². The van der Waals surface area contributed by atoms with Gasteiger partial charge in [-0.3, -0.25) is 0 Å². The first-order valence-corrected chi connectivity index (χ1v) is 5.86. The molecular weight excluding hydrogens is 226 g/mol. The lowest BCUT2D eigenvalue weighted by Gasteiger charge is -2.34. The topological polar surface area (TPSA) is 41.5 Å². The molecule has 2 rings (SSSR count). The SMILES string of the molecule is CC1(Oc2cccc(Cl)c2O)CCNCC1. The second kappa shape index (κ2) is 4.52. The molecule has 0 amide bonds. The summed E-state index contributed by atoms with van der Waals surface area (Å²) in [6.07, 6.45) is 1.86. The number of nitrogens with one attached hydrogen (secondary N) is 1. The summed E-state index contributed by atoms with van der Waals surface area (Å²) in [7, 11) is 0. The zero-order valence-corrected chi connectivity index (χ0v) is 10.0. The fraction of sp³-hybridized carbons (Fsp3) is 0.500. The number of rotatable bonds is 2. The van der Waals surface area contributed by atoms with Crippen molar-refractivity contribution in [3.8, 4) is 11.5 Å². The lowest BCUT2D eigenvalue weighted by atomic mass is 9.94. The number of hydrogen-bond donors (Lipinski definition) is 2. The van der Waals surface area contributed by atoms with Crippen LogP contribution in [0.1, 0.15) is 19.8 Å².